The van der Waals surface area contributed by atoms with Crippen molar-refractivity contribution < 1.29 is 9.13 Å². The smallest absolute Gasteiger partial charge is 0.133 e. The molecule has 0 amide bonds. The van der Waals surface area contributed by atoms with Crippen molar-refractivity contribution in [2.75, 3.05) is 6.61 Å². The first-order valence-electron chi connectivity index (χ1n) is 4.69. The zero-order valence-corrected chi connectivity index (χ0v) is 9.76. The Bertz CT molecular complexity index is 362. The Balaban J connectivity index is 2.35. The average molecular weight is 272 g/mol. The lowest BCUT2D eigenvalue weighted by molar-refractivity contribution is 0.305. The molecule has 0 atom stereocenters. The standard InChI is InChI=1S/C11H11BrFNO/c12-10-8-9(13)4-5-11(10)15-7-3-1-2-6-14/h4-5,8H,1-3,7H2. The van der Waals surface area contributed by atoms with E-state index in [9.17, 15) is 4.39 Å². The highest BCUT2D eigenvalue weighted by Gasteiger charge is 2.01. The number of hydrogen-bond acceptors (Lipinski definition) is 2. The predicted molar refractivity (Wildman–Crippen MR) is 59.1 cm³/mol. The Morgan fingerprint density at radius 3 is 2.87 bits per heavy atom. The van der Waals surface area contributed by atoms with Crippen LogP contribution in [0.1, 0.15) is 19.3 Å². The molecule has 0 radical (unpaired) electrons. The SMILES string of the molecule is N#CCCCCOc1ccc(F)cc1Br. The second-order valence-electron chi connectivity index (χ2n) is 3.04. The third-order valence-corrected chi connectivity index (χ3v) is 2.45. The first-order chi connectivity index (χ1) is 7.24. The molecule has 0 unspecified atom stereocenters. The number of nitriles is 1. The topological polar surface area (TPSA) is 33.0 Å². The summed E-state index contributed by atoms with van der Waals surface area (Å²) in [6.07, 6.45) is 2.21. The van der Waals surface area contributed by atoms with Crippen LogP contribution in [0.4, 0.5) is 4.39 Å². The van der Waals surface area contributed by atoms with Crippen molar-refractivity contribution in [2.24, 2.45) is 0 Å². The largest absolute Gasteiger partial charge is 0.492 e. The fourth-order valence-electron chi connectivity index (χ4n) is 1.08. The van der Waals surface area contributed by atoms with Gasteiger partial charge in [0.25, 0.3) is 0 Å². The molecule has 4 heteroatoms. The third-order valence-electron chi connectivity index (χ3n) is 1.83. The number of hydrogen-bond donors (Lipinski definition) is 0. The van der Waals surface area contributed by atoms with Gasteiger partial charge in [0.15, 0.2) is 0 Å². The molecule has 1 aromatic carbocycles. The van der Waals surface area contributed by atoms with E-state index in [1.165, 1.54) is 12.1 Å². The van der Waals surface area contributed by atoms with Crippen molar-refractivity contribution in [3.63, 3.8) is 0 Å². The van der Waals surface area contributed by atoms with E-state index in [0.717, 1.165) is 12.8 Å². The number of rotatable bonds is 5. The summed E-state index contributed by atoms with van der Waals surface area (Å²) in [6, 6.07) is 6.38. The second-order valence-corrected chi connectivity index (χ2v) is 3.89. The van der Waals surface area contributed by atoms with Crippen molar-refractivity contribution in [2.45, 2.75) is 19.3 Å². The van der Waals surface area contributed by atoms with Gasteiger partial charge in [0.1, 0.15) is 11.6 Å². The number of nitrogens with zero attached hydrogens (tertiary/aromatic N) is 1. The fourth-order valence-corrected chi connectivity index (χ4v) is 1.55. The highest BCUT2D eigenvalue weighted by atomic mass is 79.9. The molecule has 0 saturated carbocycles. The van der Waals surface area contributed by atoms with Crippen LogP contribution < -0.4 is 4.74 Å². The molecule has 0 bridgehead atoms. The molecule has 1 aromatic rings. The monoisotopic (exact) mass is 271 g/mol. The maximum atomic E-state index is 12.7. The Morgan fingerprint density at radius 2 is 2.20 bits per heavy atom. The molecule has 2 nitrogen and oxygen atoms in total. The van der Waals surface area contributed by atoms with Gasteiger partial charge in [0.2, 0.25) is 0 Å². The van der Waals surface area contributed by atoms with Gasteiger partial charge in [-0.25, -0.2) is 4.39 Å². The number of ether oxygens (including phenoxy) is 1. The molecular formula is C11H11BrFNO. The zero-order chi connectivity index (χ0) is 11.1. The van der Waals surface area contributed by atoms with Crippen LogP contribution in [-0.2, 0) is 0 Å². The van der Waals surface area contributed by atoms with Gasteiger partial charge in [-0.05, 0) is 47.0 Å². The minimum atomic E-state index is -0.293. The minimum absolute atomic E-state index is 0.293. The molecule has 0 N–H and O–H groups in total. The van der Waals surface area contributed by atoms with Gasteiger partial charge in [-0.1, -0.05) is 0 Å². The van der Waals surface area contributed by atoms with Crippen molar-refractivity contribution >= 4 is 15.9 Å². The van der Waals surface area contributed by atoms with E-state index >= 15 is 0 Å². The lowest BCUT2D eigenvalue weighted by Crippen LogP contribution is -1.97. The van der Waals surface area contributed by atoms with Crippen molar-refractivity contribution in [3.8, 4) is 11.8 Å². The average Bonchev–Trinajstić information content (AvgIpc) is 2.20. The lowest BCUT2D eigenvalue weighted by Gasteiger charge is -2.07. The number of halogens is 2. The molecule has 0 aromatic heterocycles. The molecule has 0 aliphatic carbocycles. The van der Waals surface area contributed by atoms with E-state index in [2.05, 4.69) is 22.0 Å². The van der Waals surface area contributed by atoms with Crippen LogP contribution in [0.25, 0.3) is 0 Å². The summed E-state index contributed by atoms with van der Waals surface area (Å²) in [7, 11) is 0. The fraction of sp³-hybridized carbons (Fsp3) is 0.364. The molecular weight excluding hydrogens is 261 g/mol. The number of benzene rings is 1. The van der Waals surface area contributed by atoms with Crippen LogP contribution >= 0.6 is 15.9 Å². The van der Waals surface area contributed by atoms with Crippen LogP contribution in [0, 0.1) is 17.1 Å². The van der Waals surface area contributed by atoms with E-state index in [1.54, 1.807) is 6.07 Å². The molecule has 0 aliphatic heterocycles. The normalized spacial score (nSPS) is 9.67. The first-order valence-corrected chi connectivity index (χ1v) is 5.48. The van der Waals surface area contributed by atoms with Gasteiger partial charge in [-0.15, -0.1) is 0 Å². The van der Waals surface area contributed by atoms with Crippen LogP contribution in [-0.4, -0.2) is 6.61 Å². The maximum absolute atomic E-state index is 12.7. The van der Waals surface area contributed by atoms with Crippen LogP contribution in [0.5, 0.6) is 5.75 Å². The maximum Gasteiger partial charge on any atom is 0.133 e. The van der Waals surface area contributed by atoms with Gasteiger partial charge >= 0.3 is 0 Å². The van der Waals surface area contributed by atoms with E-state index < -0.39 is 0 Å². The van der Waals surface area contributed by atoms with E-state index in [0.29, 0.717) is 23.2 Å². The Morgan fingerprint density at radius 1 is 1.40 bits per heavy atom. The summed E-state index contributed by atoms with van der Waals surface area (Å²) in [5, 5.41) is 8.32. The Kier molecular flexibility index (Phi) is 5.13. The summed E-state index contributed by atoms with van der Waals surface area (Å²) in [5.74, 6) is 0.340. The van der Waals surface area contributed by atoms with Crippen LogP contribution in [0.15, 0.2) is 22.7 Å². The summed E-state index contributed by atoms with van der Waals surface area (Å²) in [6.45, 7) is 0.548. The molecule has 0 saturated heterocycles. The van der Waals surface area contributed by atoms with Gasteiger partial charge < -0.3 is 4.74 Å². The molecule has 80 valence electrons. The summed E-state index contributed by atoms with van der Waals surface area (Å²) in [4.78, 5) is 0. The minimum Gasteiger partial charge on any atom is -0.492 e. The van der Waals surface area contributed by atoms with E-state index in [-0.39, 0.29) is 5.82 Å². The highest BCUT2D eigenvalue weighted by Crippen LogP contribution is 2.25. The van der Waals surface area contributed by atoms with Crippen LogP contribution in [0.2, 0.25) is 0 Å². The Hall–Kier alpha value is -1.08. The van der Waals surface area contributed by atoms with E-state index in [1.807, 2.05) is 0 Å². The second kappa shape index (κ2) is 6.41. The summed E-state index contributed by atoms with van der Waals surface area (Å²) < 4.78 is 18.7. The Labute approximate surface area is 96.8 Å². The number of unbranched alkanes of at least 4 members (excludes halogenated alkanes) is 2. The zero-order valence-electron chi connectivity index (χ0n) is 8.17. The predicted octanol–water partition coefficient (Wildman–Crippen LogP) is 3.66. The van der Waals surface area contributed by atoms with E-state index in [4.69, 9.17) is 10.00 Å². The molecule has 0 heterocycles. The molecule has 1 rings (SSSR count). The first kappa shape index (κ1) is 12.0. The highest BCUT2D eigenvalue weighted by molar-refractivity contribution is 9.10. The quantitative estimate of drug-likeness (QED) is 0.766. The molecule has 15 heavy (non-hydrogen) atoms. The summed E-state index contributed by atoms with van der Waals surface area (Å²) in [5.41, 5.74) is 0. The molecule has 0 aliphatic rings. The summed E-state index contributed by atoms with van der Waals surface area (Å²) >= 11 is 3.21. The van der Waals surface area contributed by atoms with Crippen LogP contribution in [0.3, 0.4) is 0 Å². The van der Waals surface area contributed by atoms with Gasteiger partial charge in [-0.3, -0.25) is 0 Å². The van der Waals surface area contributed by atoms with Crippen molar-refractivity contribution in [1.29, 1.82) is 5.26 Å². The van der Waals surface area contributed by atoms with Crippen molar-refractivity contribution in [3.05, 3.63) is 28.5 Å². The lowest BCUT2D eigenvalue weighted by atomic mass is 10.2. The van der Waals surface area contributed by atoms with Gasteiger partial charge in [0, 0.05) is 6.42 Å². The van der Waals surface area contributed by atoms with Gasteiger partial charge in [0.05, 0.1) is 17.1 Å². The molecule has 0 fully saturated rings. The third kappa shape index (κ3) is 4.30. The molecule has 0 spiro atoms. The van der Waals surface area contributed by atoms with Crippen molar-refractivity contribution in [1.82, 2.24) is 0 Å². The van der Waals surface area contributed by atoms with Gasteiger partial charge in [-0.2, -0.15) is 5.26 Å².